The van der Waals surface area contributed by atoms with Crippen molar-refractivity contribution < 1.29 is 19.1 Å². The molecule has 0 radical (unpaired) electrons. The van der Waals surface area contributed by atoms with Crippen molar-refractivity contribution in [3.8, 4) is 0 Å². The molecule has 3 fully saturated rings. The zero-order valence-electron chi connectivity index (χ0n) is 15.2. The molecule has 0 saturated carbocycles. The Morgan fingerprint density at radius 1 is 1.23 bits per heavy atom. The number of hydrogen-bond acceptors (Lipinski definition) is 5. The fourth-order valence-corrected chi connectivity index (χ4v) is 5.06. The molecular weight excluding hydrogens is 330 g/mol. The van der Waals surface area contributed by atoms with E-state index in [-0.39, 0.29) is 41.6 Å². The molecule has 5 rings (SSSR count). The van der Waals surface area contributed by atoms with E-state index in [0.29, 0.717) is 6.61 Å². The number of hydrogen-bond donors (Lipinski definition) is 0. The summed E-state index contributed by atoms with van der Waals surface area (Å²) < 4.78 is 11.4. The largest absolute Gasteiger partial charge is 0.359 e. The van der Waals surface area contributed by atoms with Gasteiger partial charge in [-0.15, -0.1) is 0 Å². The lowest BCUT2D eigenvalue weighted by molar-refractivity contribution is -0.165. The van der Waals surface area contributed by atoms with Gasteiger partial charge < -0.3 is 14.4 Å². The standard InChI is InChI=1S/C21H23NO4/c1-21(2,3)19(24)17-14-13-10-25-20(26-13)18(23)15(14)16-12-7-5-4-6-11(12)8-9-22(16)17/h4-9,13-17,20H,10H2,1-3H3/t13-,14+,15-,16-,17-,20-/m1/s1. The fraction of sp³-hybridized carbons (Fsp3) is 0.524. The average molecular weight is 353 g/mol. The van der Waals surface area contributed by atoms with Gasteiger partial charge in [0.2, 0.25) is 6.29 Å². The maximum Gasteiger partial charge on any atom is 0.218 e. The molecule has 26 heavy (non-hydrogen) atoms. The highest BCUT2D eigenvalue weighted by atomic mass is 16.7. The van der Waals surface area contributed by atoms with Gasteiger partial charge in [0, 0.05) is 17.5 Å². The lowest BCUT2D eigenvalue weighted by atomic mass is 9.73. The predicted octanol–water partition coefficient (Wildman–Crippen LogP) is 2.57. The topological polar surface area (TPSA) is 55.8 Å². The Hall–Kier alpha value is -1.98. The van der Waals surface area contributed by atoms with Crippen LogP contribution in [0.1, 0.15) is 37.9 Å². The number of ether oxygens (including phenoxy) is 2. The summed E-state index contributed by atoms with van der Waals surface area (Å²) in [7, 11) is 0. The van der Waals surface area contributed by atoms with E-state index in [1.54, 1.807) is 0 Å². The monoisotopic (exact) mass is 353 g/mol. The van der Waals surface area contributed by atoms with Crippen LogP contribution in [0.25, 0.3) is 6.08 Å². The molecule has 1 aromatic rings. The van der Waals surface area contributed by atoms with Crippen molar-refractivity contribution in [2.75, 3.05) is 6.61 Å². The van der Waals surface area contributed by atoms with Crippen LogP contribution < -0.4 is 0 Å². The maximum atomic E-state index is 13.4. The summed E-state index contributed by atoms with van der Waals surface area (Å²) in [6, 6.07) is 7.64. The number of ketones is 2. The Labute approximate surface area is 153 Å². The third kappa shape index (κ3) is 2.04. The molecule has 4 aliphatic heterocycles. The minimum atomic E-state index is -0.773. The van der Waals surface area contributed by atoms with Crippen LogP contribution in [0.15, 0.2) is 30.5 Å². The summed E-state index contributed by atoms with van der Waals surface area (Å²) in [6.45, 7) is 6.22. The van der Waals surface area contributed by atoms with Crippen LogP contribution in [0.4, 0.5) is 0 Å². The van der Waals surface area contributed by atoms with E-state index >= 15 is 0 Å². The SMILES string of the molecule is CC(C)(C)C(=O)[C@H]1[C@@H]2[C@@H](C(=O)[C@@H]3OC[C@H]2O3)[C@H]2c3ccccc3C=CN21. The van der Waals surface area contributed by atoms with Crippen molar-refractivity contribution >= 4 is 17.6 Å². The molecule has 6 atom stereocenters. The first-order chi connectivity index (χ1) is 12.4. The second-order valence-electron chi connectivity index (χ2n) is 8.74. The number of benzene rings is 1. The Morgan fingerprint density at radius 2 is 2.00 bits per heavy atom. The first-order valence-electron chi connectivity index (χ1n) is 9.27. The van der Waals surface area contributed by atoms with Gasteiger partial charge in [0.05, 0.1) is 30.7 Å². The molecule has 136 valence electrons. The molecule has 0 spiro atoms. The van der Waals surface area contributed by atoms with E-state index in [2.05, 4.69) is 17.0 Å². The van der Waals surface area contributed by atoms with Crippen molar-refractivity contribution in [1.29, 1.82) is 0 Å². The number of fused-ring (bicyclic) bond motifs is 8. The lowest BCUT2D eigenvalue weighted by Crippen LogP contribution is -2.50. The highest BCUT2D eigenvalue weighted by molar-refractivity contribution is 5.94. The van der Waals surface area contributed by atoms with Crippen LogP contribution in [0.5, 0.6) is 0 Å². The Morgan fingerprint density at radius 3 is 2.77 bits per heavy atom. The minimum Gasteiger partial charge on any atom is -0.359 e. The Bertz CT molecular complexity index is 824. The molecule has 2 bridgehead atoms. The van der Waals surface area contributed by atoms with Gasteiger partial charge in [-0.3, -0.25) is 9.59 Å². The van der Waals surface area contributed by atoms with E-state index in [1.807, 2.05) is 45.2 Å². The van der Waals surface area contributed by atoms with Crippen molar-refractivity contribution in [3.63, 3.8) is 0 Å². The van der Waals surface area contributed by atoms with Gasteiger partial charge in [-0.2, -0.15) is 0 Å². The van der Waals surface area contributed by atoms with Gasteiger partial charge in [-0.25, -0.2) is 0 Å². The summed E-state index contributed by atoms with van der Waals surface area (Å²) in [5, 5.41) is 0. The van der Waals surface area contributed by atoms with Crippen LogP contribution in [-0.2, 0) is 19.1 Å². The van der Waals surface area contributed by atoms with Gasteiger partial charge >= 0.3 is 0 Å². The molecule has 0 unspecified atom stereocenters. The molecule has 5 heteroatoms. The van der Waals surface area contributed by atoms with Crippen molar-refractivity contribution in [3.05, 3.63) is 41.6 Å². The van der Waals surface area contributed by atoms with E-state index in [1.165, 1.54) is 0 Å². The smallest absolute Gasteiger partial charge is 0.218 e. The average Bonchev–Trinajstić information content (AvgIpc) is 3.19. The summed E-state index contributed by atoms with van der Waals surface area (Å²) in [5.74, 6) is -0.314. The number of rotatable bonds is 1. The number of carbonyl (C=O) groups is 2. The van der Waals surface area contributed by atoms with Crippen molar-refractivity contribution in [2.45, 2.75) is 45.2 Å². The maximum absolute atomic E-state index is 13.4. The summed E-state index contributed by atoms with van der Waals surface area (Å²) in [5.41, 5.74) is 1.74. The summed E-state index contributed by atoms with van der Waals surface area (Å²) >= 11 is 0. The molecule has 0 N–H and O–H groups in total. The minimum absolute atomic E-state index is 0.0203. The first kappa shape index (κ1) is 16.2. The molecule has 0 aromatic heterocycles. The number of Topliss-reactive ketones (excluding diaryl/α,β-unsaturated/α-hetero) is 2. The number of nitrogens with zero attached hydrogens (tertiary/aromatic N) is 1. The molecule has 3 saturated heterocycles. The fourth-order valence-electron chi connectivity index (χ4n) is 5.06. The Kier molecular flexibility index (Phi) is 3.29. The normalized spacial score (nSPS) is 37.3. The lowest BCUT2D eigenvalue weighted by Gasteiger charge is -2.36. The molecule has 4 heterocycles. The van der Waals surface area contributed by atoms with Crippen LogP contribution in [0, 0.1) is 17.3 Å². The van der Waals surface area contributed by atoms with E-state index < -0.39 is 11.7 Å². The summed E-state index contributed by atoms with van der Waals surface area (Å²) in [4.78, 5) is 28.6. The van der Waals surface area contributed by atoms with E-state index in [9.17, 15) is 9.59 Å². The second-order valence-corrected chi connectivity index (χ2v) is 8.74. The molecule has 4 aliphatic rings. The third-order valence-corrected chi connectivity index (χ3v) is 6.21. The molecule has 0 aliphatic carbocycles. The third-order valence-electron chi connectivity index (χ3n) is 6.21. The number of carbonyl (C=O) groups excluding carboxylic acids is 2. The molecule has 5 nitrogen and oxygen atoms in total. The zero-order valence-corrected chi connectivity index (χ0v) is 15.2. The van der Waals surface area contributed by atoms with Gasteiger partial charge in [0.1, 0.15) is 0 Å². The van der Waals surface area contributed by atoms with Gasteiger partial charge in [0.15, 0.2) is 11.6 Å². The second kappa shape index (κ2) is 5.27. The van der Waals surface area contributed by atoms with Crippen LogP contribution in [0.3, 0.4) is 0 Å². The van der Waals surface area contributed by atoms with Crippen LogP contribution in [0.2, 0.25) is 0 Å². The zero-order chi connectivity index (χ0) is 18.2. The van der Waals surface area contributed by atoms with Crippen molar-refractivity contribution in [1.82, 2.24) is 4.90 Å². The summed E-state index contributed by atoms with van der Waals surface area (Å²) in [6.07, 6.45) is 3.07. The Balaban J connectivity index is 1.68. The van der Waals surface area contributed by atoms with E-state index in [4.69, 9.17) is 9.47 Å². The highest BCUT2D eigenvalue weighted by Crippen LogP contribution is 2.55. The van der Waals surface area contributed by atoms with Gasteiger partial charge in [-0.05, 0) is 17.2 Å². The molecule has 1 aromatic carbocycles. The molecular formula is C21H23NO4. The van der Waals surface area contributed by atoms with Gasteiger partial charge in [0.25, 0.3) is 0 Å². The predicted molar refractivity (Wildman–Crippen MR) is 94.9 cm³/mol. The van der Waals surface area contributed by atoms with E-state index in [0.717, 1.165) is 11.1 Å². The van der Waals surface area contributed by atoms with Gasteiger partial charge in [-0.1, -0.05) is 45.0 Å². The first-order valence-corrected chi connectivity index (χ1v) is 9.27. The van der Waals surface area contributed by atoms with Crippen LogP contribution >= 0.6 is 0 Å². The van der Waals surface area contributed by atoms with Crippen molar-refractivity contribution in [2.24, 2.45) is 17.3 Å². The quantitative estimate of drug-likeness (QED) is 0.777. The highest BCUT2D eigenvalue weighted by Gasteiger charge is 2.64. The van der Waals surface area contributed by atoms with Crippen LogP contribution in [-0.4, -0.2) is 41.5 Å². The molecule has 0 amide bonds.